The lowest BCUT2D eigenvalue weighted by molar-refractivity contribution is 0.475. The largest absolute Gasteiger partial charge is 0.508 e. The first kappa shape index (κ1) is 13.5. The SMILES string of the molecule is Oc1ccc(-c2nc3ccccc3n2Cc2ccccn2)cc1. The molecule has 0 aliphatic rings. The standard InChI is InChI=1S/C19H15N3O/c23-16-10-8-14(9-11-16)19-21-17-6-1-2-7-18(17)22(19)13-15-5-3-4-12-20-15/h1-12,23H,13H2. The average Bonchev–Trinajstić information content (AvgIpc) is 2.95. The van der Waals surface area contributed by atoms with E-state index in [2.05, 4.69) is 15.6 Å². The first-order chi connectivity index (χ1) is 11.3. The minimum atomic E-state index is 0.251. The molecule has 0 amide bonds. The van der Waals surface area contributed by atoms with Gasteiger partial charge in [0.1, 0.15) is 11.6 Å². The van der Waals surface area contributed by atoms with E-state index in [4.69, 9.17) is 4.98 Å². The molecule has 0 spiro atoms. The van der Waals surface area contributed by atoms with Gasteiger partial charge in [-0.1, -0.05) is 18.2 Å². The topological polar surface area (TPSA) is 50.9 Å². The number of imidazole rings is 1. The number of phenolic OH excluding ortho intramolecular Hbond substituents is 1. The third-order valence-corrected chi connectivity index (χ3v) is 3.83. The molecule has 4 heteroatoms. The van der Waals surface area contributed by atoms with E-state index in [0.717, 1.165) is 28.1 Å². The second kappa shape index (κ2) is 5.57. The van der Waals surface area contributed by atoms with Crippen molar-refractivity contribution in [2.75, 3.05) is 0 Å². The second-order valence-corrected chi connectivity index (χ2v) is 5.38. The highest BCUT2D eigenvalue weighted by Crippen LogP contribution is 2.26. The molecule has 4 rings (SSSR count). The van der Waals surface area contributed by atoms with Gasteiger partial charge >= 0.3 is 0 Å². The van der Waals surface area contributed by atoms with Crippen molar-refractivity contribution in [1.29, 1.82) is 0 Å². The van der Waals surface area contributed by atoms with Crippen molar-refractivity contribution in [2.45, 2.75) is 6.54 Å². The highest BCUT2D eigenvalue weighted by molar-refractivity contribution is 5.80. The minimum absolute atomic E-state index is 0.251. The van der Waals surface area contributed by atoms with Crippen molar-refractivity contribution in [3.63, 3.8) is 0 Å². The van der Waals surface area contributed by atoms with Crippen LogP contribution < -0.4 is 0 Å². The van der Waals surface area contributed by atoms with Gasteiger partial charge in [-0.2, -0.15) is 0 Å². The number of phenols is 1. The van der Waals surface area contributed by atoms with Gasteiger partial charge in [0.25, 0.3) is 0 Å². The molecule has 4 aromatic rings. The van der Waals surface area contributed by atoms with Crippen LogP contribution in [0.2, 0.25) is 0 Å². The molecule has 2 aromatic heterocycles. The molecular weight excluding hydrogens is 286 g/mol. The lowest BCUT2D eigenvalue weighted by Gasteiger charge is -2.09. The predicted molar refractivity (Wildman–Crippen MR) is 90.2 cm³/mol. The maximum atomic E-state index is 9.51. The average molecular weight is 301 g/mol. The Bertz CT molecular complexity index is 943. The number of para-hydroxylation sites is 2. The molecule has 0 aliphatic heterocycles. The smallest absolute Gasteiger partial charge is 0.141 e. The number of fused-ring (bicyclic) bond motifs is 1. The van der Waals surface area contributed by atoms with Crippen LogP contribution in [0.4, 0.5) is 0 Å². The molecule has 0 fully saturated rings. The van der Waals surface area contributed by atoms with Crippen LogP contribution in [0.3, 0.4) is 0 Å². The molecule has 0 saturated carbocycles. The lowest BCUT2D eigenvalue weighted by atomic mass is 10.2. The summed E-state index contributed by atoms with van der Waals surface area (Å²) in [4.78, 5) is 9.18. The van der Waals surface area contributed by atoms with Crippen molar-refractivity contribution >= 4 is 11.0 Å². The molecule has 4 nitrogen and oxygen atoms in total. The highest BCUT2D eigenvalue weighted by atomic mass is 16.3. The van der Waals surface area contributed by atoms with Gasteiger partial charge in [0, 0.05) is 11.8 Å². The van der Waals surface area contributed by atoms with E-state index in [-0.39, 0.29) is 5.75 Å². The Morgan fingerprint density at radius 3 is 2.43 bits per heavy atom. The Morgan fingerprint density at radius 1 is 0.870 bits per heavy atom. The Kier molecular flexibility index (Phi) is 3.27. The van der Waals surface area contributed by atoms with Crippen molar-refractivity contribution in [1.82, 2.24) is 14.5 Å². The number of rotatable bonds is 3. The molecule has 1 N–H and O–H groups in total. The van der Waals surface area contributed by atoms with Crippen LogP contribution >= 0.6 is 0 Å². The molecule has 112 valence electrons. The number of pyridine rings is 1. The van der Waals surface area contributed by atoms with Crippen LogP contribution in [0, 0.1) is 0 Å². The third kappa shape index (κ3) is 2.55. The van der Waals surface area contributed by atoms with Crippen LogP contribution in [0.1, 0.15) is 5.69 Å². The fourth-order valence-electron chi connectivity index (χ4n) is 2.72. The van der Waals surface area contributed by atoms with Crippen LogP contribution in [0.15, 0.2) is 72.9 Å². The van der Waals surface area contributed by atoms with Gasteiger partial charge in [-0.15, -0.1) is 0 Å². The summed E-state index contributed by atoms with van der Waals surface area (Å²) in [5.74, 6) is 1.12. The van der Waals surface area contributed by atoms with Crippen LogP contribution in [0.25, 0.3) is 22.4 Å². The lowest BCUT2D eigenvalue weighted by Crippen LogP contribution is -2.03. The van der Waals surface area contributed by atoms with E-state index < -0.39 is 0 Å². The summed E-state index contributed by atoms with van der Waals surface area (Å²) in [7, 11) is 0. The molecule has 0 radical (unpaired) electrons. The number of benzene rings is 2. The van der Waals surface area contributed by atoms with E-state index in [0.29, 0.717) is 6.54 Å². The van der Waals surface area contributed by atoms with Gasteiger partial charge in [0.2, 0.25) is 0 Å². The van der Waals surface area contributed by atoms with Gasteiger partial charge in [0.15, 0.2) is 0 Å². The molecule has 0 aliphatic carbocycles. The summed E-state index contributed by atoms with van der Waals surface area (Å²) < 4.78 is 2.16. The van der Waals surface area contributed by atoms with Crippen molar-refractivity contribution in [3.05, 3.63) is 78.6 Å². The summed E-state index contributed by atoms with van der Waals surface area (Å²) in [5, 5.41) is 9.51. The first-order valence-electron chi connectivity index (χ1n) is 7.46. The van der Waals surface area contributed by atoms with Crippen molar-refractivity contribution < 1.29 is 5.11 Å². The zero-order valence-corrected chi connectivity index (χ0v) is 12.4. The Hall–Kier alpha value is -3.14. The fraction of sp³-hybridized carbons (Fsp3) is 0.0526. The van der Waals surface area contributed by atoms with Crippen LogP contribution in [-0.2, 0) is 6.54 Å². The summed E-state index contributed by atoms with van der Waals surface area (Å²) in [5.41, 5.74) is 3.97. The monoisotopic (exact) mass is 301 g/mol. The molecule has 0 atom stereocenters. The second-order valence-electron chi connectivity index (χ2n) is 5.38. The highest BCUT2D eigenvalue weighted by Gasteiger charge is 2.13. The van der Waals surface area contributed by atoms with E-state index in [1.807, 2.05) is 48.5 Å². The minimum Gasteiger partial charge on any atom is -0.508 e. The zero-order valence-electron chi connectivity index (χ0n) is 12.4. The molecule has 0 unspecified atom stereocenters. The van der Waals surface area contributed by atoms with Crippen molar-refractivity contribution in [3.8, 4) is 17.1 Å². The first-order valence-corrected chi connectivity index (χ1v) is 7.46. The molecular formula is C19H15N3O. The van der Waals surface area contributed by atoms with Gasteiger partial charge in [-0.3, -0.25) is 4.98 Å². The molecule has 0 bridgehead atoms. The maximum Gasteiger partial charge on any atom is 0.141 e. The summed E-state index contributed by atoms with van der Waals surface area (Å²) in [6.45, 7) is 0.650. The Morgan fingerprint density at radius 2 is 1.65 bits per heavy atom. The van der Waals surface area contributed by atoms with E-state index in [1.165, 1.54) is 0 Å². The van der Waals surface area contributed by atoms with E-state index in [1.54, 1.807) is 18.3 Å². The van der Waals surface area contributed by atoms with Crippen LogP contribution in [-0.4, -0.2) is 19.6 Å². The molecule has 23 heavy (non-hydrogen) atoms. The number of nitrogens with zero attached hydrogens (tertiary/aromatic N) is 3. The van der Waals surface area contributed by atoms with Crippen molar-refractivity contribution in [2.24, 2.45) is 0 Å². The van der Waals surface area contributed by atoms with Gasteiger partial charge in [-0.05, 0) is 48.5 Å². The number of hydrogen-bond donors (Lipinski definition) is 1. The predicted octanol–water partition coefficient (Wildman–Crippen LogP) is 3.85. The van der Waals surface area contributed by atoms with Gasteiger partial charge < -0.3 is 9.67 Å². The number of aromatic nitrogens is 3. The van der Waals surface area contributed by atoms with E-state index in [9.17, 15) is 5.11 Å². The Labute approximate surface area is 133 Å². The van der Waals surface area contributed by atoms with Gasteiger partial charge in [-0.25, -0.2) is 4.98 Å². The molecule has 2 aromatic carbocycles. The maximum absolute atomic E-state index is 9.51. The quantitative estimate of drug-likeness (QED) is 0.625. The number of aromatic hydroxyl groups is 1. The van der Waals surface area contributed by atoms with Crippen LogP contribution in [0.5, 0.6) is 5.75 Å². The fourth-order valence-corrected chi connectivity index (χ4v) is 2.72. The Balaban J connectivity index is 1.89. The number of hydrogen-bond acceptors (Lipinski definition) is 3. The van der Waals surface area contributed by atoms with Gasteiger partial charge in [0.05, 0.1) is 23.3 Å². The normalized spacial score (nSPS) is 11.0. The third-order valence-electron chi connectivity index (χ3n) is 3.83. The zero-order chi connectivity index (χ0) is 15.6. The molecule has 0 saturated heterocycles. The molecule has 2 heterocycles. The summed E-state index contributed by atoms with van der Waals surface area (Å²) in [6.07, 6.45) is 1.80. The van der Waals surface area contributed by atoms with E-state index >= 15 is 0 Å². The summed E-state index contributed by atoms with van der Waals surface area (Å²) in [6, 6.07) is 21.1. The summed E-state index contributed by atoms with van der Waals surface area (Å²) >= 11 is 0.